The van der Waals surface area contributed by atoms with E-state index in [0.717, 1.165) is 24.1 Å². The van der Waals surface area contributed by atoms with E-state index < -0.39 is 0 Å². The molecule has 0 aliphatic heterocycles. The fraction of sp³-hybridized carbons (Fsp3) is 0.600. The van der Waals surface area contributed by atoms with Crippen LogP contribution in [0, 0.1) is 0 Å². The summed E-state index contributed by atoms with van der Waals surface area (Å²) < 4.78 is 4.94. The van der Waals surface area contributed by atoms with Gasteiger partial charge in [-0.15, -0.1) is 11.3 Å². The van der Waals surface area contributed by atoms with Crippen LogP contribution in [0.4, 0.5) is 0 Å². The molecule has 0 atom stereocenters. The molecule has 1 aliphatic carbocycles. The molecule has 110 valence electrons. The third-order valence-electron chi connectivity index (χ3n) is 3.36. The SMILES string of the molecule is CCCN(CC(=O)OCC)C(=O)c1cc2c(s1)CCC2. The van der Waals surface area contributed by atoms with Crippen LogP contribution in [0.25, 0.3) is 0 Å². The summed E-state index contributed by atoms with van der Waals surface area (Å²) in [4.78, 5) is 27.8. The van der Waals surface area contributed by atoms with Crippen molar-refractivity contribution in [1.29, 1.82) is 0 Å². The van der Waals surface area contributed by atoms with Gasteiger partial charge in [0.25, 0.3) is 5.91 Å². The highest BCUT2D eigenvalue weighted by molar-refractivity contribution is 7.14. The summed E-state index contributed by atoms with van der Waals surface area (Å²) in [6, 6.07) is 2.00. The lowest BCUT2D eigenvalue weighted by Gasteiger charge is -2.20. The van der Waals surface area contributed by atoms with Gasteiger partial charge in [-0.2, -0.15) is 0 Å². The Hall–Kier alpha value is -1.36. The Labute approximate surface area is 123 Å². The molecule has 0 unspecified atom stereocenters. The van der Waals surface area contributed by atoms with E-state index in [2.05, 4.69) is 0 Å². The minimum Gasteiger partial charge on any atom is -0.465 e. The number of hydrogen-bond donors (Lipinski definition) is 0. The molecule has 1 aromatic heterocycles. The van der Waals surface area contributed by atoms with Crippen LogP contribution < -0.4 is 0 Å². The molecule has 4 nitrogen and oxygen atoms in total. The number of carbonyl (C=O) groups is 2. The van der Waals surface area contributed by atoms with E-state index in [9.17, 15) is 9.59 Å². The Morgan fingerprint density at radius 2 is 2.15 bits per heavy atom. The summed E-state index contributed by atoms with van der Waals surface area (Å²) in [5, 5.41) is 0. The molecule has 1 aliphatic rings. The molecule has 5 heteroatoms. The molecular weight excluding hydrogens is 274 g/mol. The summed E-state index contributed by atoms with van der Waals surface area (Å²) in [7, 11) is 0. The average Bonchev–Trinajstić information content (AvgIpc) is 2.98. The molecule has 0 aromatic carbocycles. The van der Waals surface area contributed by atoms with Crippen molar-refractivity contribution < 1.29 is 14.3 Å². The largest absolute Gasteiger partial charge is 0.465 e. The van der Waals surface area contributed by atoms with Crippen LogP contribution in [0.2, 0.25) is 0 Å². The smallest absolute Gasteiger partial charge is 0.325 e. The number of rotatable bonds is 6. The third-order valence-corrected chi connectivity index (χ3v) is 4.59. The van der Waals surface area contributed by atoms with Crippen LogP contribution >= 0.6 is 11.3 Å². The zero-order valence-electron chi connectivity index (χ0n) is 12.1. The van der Waals surface area contributed by atoms with Crippen molar-refractivity contribution in [3.05, 3.63) is 21.4 Å². The molecule has 0 saturated carbocycles. The van der Waals surface area contributed by atoms with E-state index in [1.165, 1.54) is 16.9 Å². The van der Waals surface area contributed by atoms with Gasteiger partial charge in [-0.3, -0.25) is 9.59 Å². The summed E-state index contributed by atoms with van der Waals surface area (Å²) in [5.41, 5.74) is 1.31. The predicted octanol–water partition coefficient (Wildman–Crippen LogP) is 2.65. The van der Waals surface area contributed by atoms with Gasteiger partial charge in [0.2, 0.25) is 0 Å². The second-order valence-corrected chi connectivity index (χ2v) is 6.08. The molecule has 1 aromatic rings. The Bertz CT molecular complexity index is 474. The topological polar surface area (TPSA) is 46.6 Å². The van der Waals surface area contributed by atoms with Crippen molar-refractivity contribution in [2.45, 2.75) is 39.5 Å². The van der Waals surface area contributed by atoms with Gasteiger partial charge in [0.15, 0.2) is 0 Å². The van der Waals surface area contributed by atoms with Gasteiger partial charge in [0.05, 0.1) is 11.5 Å². The van der Waals surface area contributed by atoms with E-state index >= 15 is 0 Å². The van der Waals surface area contributed by atoms with Gasteiger partial charge in [0.1, 0.15) is 6.54 Å². The van der Waals surface area contributed by atoms with Crippen LogP contribution in [0.15, 0.2) is 6.07 Å². The highest BCUT2D eigenvalue weighted by atomic mass is 32.1. The zero-order valence-corrected chi connectivity index (χ0v) is 12.9. The normalized spacial score (nSPS) is 13.1. The van der Waals surface area contributed by atoms with Gasteiger partial charge in [-0.1, -0.05) is 6.92 Å². The van der Waals surface area contributed by atoms with Gasteiger partial charge >= 0.3 is 5.97 Å². The molecule has 0 bridgehead atoms. The van der Waals surface area contributed by atoms with Crippen molar-refractivity contribution in [3.8, 4) is 0 Å². The molecule has 0 spiro atoms. The lowest BCUT2D eigenvalue weighted by molar-refractivity contribution is -0.143. The molecule has 0 fully saturated rings. The van der Waals surface area contributed by atoms with Crippen LogP contribution in [-0.4, -0.2) is 36.5 Å². The van der Waals surface area contributed by atoms with Crippen LogP contribution in [-0.2, 0) is 22.4 Å². The molecule has 2 rings (SSSR count). The second-order valence-electron chi connectivity index (χ2n) is 4.94. The van der Waals surface area contributed by atoms with Gasteiger partial charge in [0, 0.05) is 11.4 Å². The Kier molecular flexibility index (Phi) is 5.17. The number of carbonyl (C=O) groups excluding carboxylic acids is 2. The fourth-order valence-corrected chi connectivity index (χ4v) is 3.70. The maximum absolute atomic E-state index is 12.5. The van der Waals surface area contributed by atoms with Crippen LogP contribution in [0.5, 0.6) is 0 Å². The quantitative estimate of drug-likeness (QED) is 0.758. The number of amides is 1. The monoisotopic (exact) mass is 295 g/mol. The maximum atomic E-state index is 12.5. The van der Waals surface area contributed by atoms with Gasteiger partial charge in [-0.05, 0) is 44.2 Å². The Morgan fingerprint density at radius 3 is 2.80 bits per heavy atom. The summed E-state index contributed by atoms with van der Waals surface area (Å²) in [6.45, 7) is 4.75. The van der Waals surface area contributed by atoms with E-state index in [-0.39, 0.29) is 18.4 Å². The van der Waals surface area contributed by atoms with E-state index in [0.29, 0.717) is 13.2 Å². The molecule has 0 saturated heterocycles. The number of aryl methyl sites for hydroxylation is 2. The van der Waals surface area contributed by atoms with Crippen molar-refractivity contribution in [2.75, 3.05) is 19.7 Å². The number of hydrogen-bond acceptors (Lipinski definition) is 4. The van der Waals surface area contributed by atoms with E-state index in [4.69, 9.17) is 4.74 Å². The minimum atomic E-state index is -0.335. The van der Waals surface area contributed by atoms with Gasteiger partial charge < -0.3 is 9.64 Å². The average molecular weight is 295 g/mol. The maximum Gasteiger partial charge on any atom is 0.325 e. The molecular formula is C15H21NO3S. The number of thiophene rings is 1. The molecule has 0 radical (unpaired) electrons. The highest BCUT2D eigenvalue weighted by Gasteiger charge is 2.23. The predicted molar refractivity (Wildman–Crippen MR) is 79.2 cm³/mol. The summed E-state index contributed by atoms with van der Waals surface area (Å²) in [5.74, 6) is -0.377. The fourth-order valence-electron chi connectivity index (χ4n) is 2.48. The van der Waals surface area contributed by atoms with Crippen molar-refractivity contribution >= 4 is 23.2 Å². The molecule has 1 heterocycles. The van der Waals surface area contributed by atoms with E-state index in [1.54, 1.807) is 23.2 Å². The highest BCUT2D eigenvalue weighted by Crippen LogP contribution is 2.31. The Balaban J connectivity index is 2.07. The number of esters is 1. The molecule has 1 amide bonds. The molecule has 20 heavy (non-hydrogen) atoms. The first-order valence-electron chi connectivity index (χ1n) is 7.22. The van der Waals surface area contributed by atoms with Crippen molar-refractivity contribution in [2.24, 2.45) is 0 Å². The Morgan fingerprint density at radius 1 is 1.35 bits per heavy atom. The van der Waals surface area contributed by atoms with Crippen LogP contribution in [0.3, 0.4) is 0 Å². The number of ether oxygens (including phenoxy) is 1. The first-order valence-corrected chi connectivity index (χ1v) is 8.03. The standard InChI is InChI=1S/C15H21NO3S/c1-3-8-16(10-14(17)19-4-2)15(18)13-9-11-6-5-7-12(11)20-13/h9H,3-8,10H2,1-2H3. The first-order chi connectivity index (χ1) is 9.65. The van der Waals surface area contributed by atoms with E-state index in [1.807, 2.05) is 13.0 Å². The minimum absolute atomic E-state index is 0.0423. The van der Waals surface area contributed by atoms with Crippen LogP contribution in [0.1, 0.15) is 46.8 Å². The van der Waals surface area contributed by atoms with Crippen molar-refractivity contribution in [3.63, 3.8) is 0 Å². The third kappa shape index (κ3) is 3.39. The second kappa shape index (κ2) is 6.88. The lowest BCUT2D eigenvalue weighted by Crippen LogP contribution is -2.36. The first kappa shape index (κ1) is 15.0. The molecule has 0 N–H and O–H groups in total. The summed E-state index contributed by atoms with van der Waals surface area (Å²) in [6.07, 6.45) is 4.18. The van der Waals surface area contributed by atoms with Crippen molar-refractivity contribution in [1.82, 2.24) is 4.90 Å². The summed E-state index contributed by atoms with van der Waals surface area (Å²) >= 11 is 1.58. The lowest BCUT2D eigenvalue weighted by atomic mass is 10.2. The van der Waals surface area contributed by atoms with Gasteiger partial charge in [-0.25, -0.2) is 0 Å². The number of nitrogens with zero attached hydrogens (tertiary/aromatic N) is 1. The number of fused-ring (bicyclic) bond motifs is 1. The zero-order chi connectivity index (χ0) is 14.5.